The molecule has 2 saturated heterocycles. The molecule has 4 unspecified atom stereocenters. The van der Waals surface area contributed by atoms with Gasteiger partial charge in [0.2, 0.25) is 5.12 Å². The van der Waals surface area contributed by atoms with Crippen molar-refractivity contribution in [3.05, 3.63) is 22.3 Å². The van der Waals surface area contributed by atoms with Crippen molar-refractivity contribution < 1.29 is 14.3 Å². The third-order valence-corrected chi connectivity index (χ3v) is 8.79. The van der Waals surface area contributed by atoms with Crippen molar-refractivity contribution in [1.29, 1.82) is 0 Å². The molecule has 7 heteroatoms. The summed E-state index contributed by atoms with van der Waals surface area (Å²) in [6.45, 7) is 7.51. The fourth-order valence-corrected chi connectivity index (χ4v) is 7.68. The zero-order valence-electron chi connectivity index (χ0n) is 16.5. The van der Waals surface area contributed by atoms with Crippen molar-refractivity contribution in [3.8, 4) is 0 Å². The molecule has 0 N–H and O–H groups in total. The zero-order chi connectivity index (χ0) is 19.3. The topological polar surface area (TPSA) is 49.9 Å². The van der Waals surface area contributed by atoms with Crippen LogP contribution in [0.1, 0.15) is 26.7 Å². The number of carbonyl (C=O) groups is 2. The van der Waals surface area contributed by atoms with Crippen LogP contribution in [-0.4, -0.2) is 77.1 Å². The Kier molecular flexibility index (Phi) is 5.49. The summed E-state index contributed by atoms with van der Waals surface area (Å²) in [5.74, 6) is -0.232. The summed E-state index contributed by atoms with van der Waals surface area (Å²) < 4.78 is 5.72. The Morgan fingerprint density at radius 3 is 2.41 bits per heavy atom. The van der Waals surface area contributed by atoms with E-state index in [4.69, 9.17) is 4.74 Å². The largest absolute Gasteiger partial charge is 0.447 e. The molecule has 0 saturated carbocycles. The maximum absolute atomic E-state index is 12.9. The lowest BCUT2D eigenvalue weighted by atomic mass is 9.83. The number of fused-ring (bicyclic) bond motifs is 2. The van der Waals surface area contributed by atoms with E-state index in [0.717, 1.165) is 44.6 Å². The standard InChI is InChI=1S/C20H28N2O3S2/c1-11(17-13-9-21(3)7-5-15(13)26-19(17)24)18-14-10-22(4)8-6-16(14)27-20(18)25-12(2)23/h11,15-16,20H,5-10H2,1-4H3. The lowest BCUT2D eigenvalue weighted by Crippen LogP contribution is -2.34. The Morgan fingerprint density at radius 1 is 1.11 bits per heavy atom. The lowest BCUT2D eigenvalue weighted by molar-refractivity contribution is -0.141. The molecule has 148 valence electrons. The first-order chi connectivity index (χ1) is 12.8. The maximum atomic E-state index is 12.9. The van der Waals surface area contributed by atoms with Crippen molar-refractivity contribution in [3.63, 3.8) is 0 Å². The molecule has 0 spiro atoms. The van der Waals surface area contributed by atoms with Gasteiger partial charge in [-0.1, -0.05) is 18.7 Å². The summed E-state index contributed by atoms with van der Waals surface area (Å²) >= 11 is 3.26. The van der Waals surface area contributed by atoms with Gasteiger partial charge < -0.3 is 14.5 Å². The minimum absolute atomic E-state index is 0.0137. The quantitative estimate of drug-likeness (QED) is 0.525. The van der Waals surface area contributed by atoms with Gasteiger partial charge in [0.25, 0.3) is 0 Å². The highest BCUT2D eigenvalue weighted by Crippen LogP contribution is 2.50. The number of carbonyl (C=O) groups excluding carboxylic acids is 2. The first-order valence-electron chi connectivity index (χ1n) is 9.71. The molecule has 4 aliphatic rings. The van der Waals surface area contributed by atoms with Crippen molar-refractivity contribution in [2.75, 3.05) is 40.3 Å². The fourth-order valence-electron chi connectivity index (χ4n) is 4.82. The van der Waals surface area contributed by atoms with E-state index in [-0.39, 0.29) is 22.4 Å². The van der Waals surface area contributed by atoms with E-state index in [1.807, 2.05) is 0 Å². The molecule has 0 aromatic carbocycles. The number of ether oxygens (including phenoxy) is 1. The third kappa shape index (κ3) is 3.63. The molecule has 4 aliphatic heterocycles. The van der Waals surface area contributed by atoms with Gasteiger partial charge in [-0.25, -0.2) is 0 Å². The molecule has 27 heavy (non-hydrogen) atoms. The van der Waals surface area contributed by atoms with Crippen molar-refractivity contribution in [1.82, 2.24) is 9.80 Å². The second kappa shape index (κ2) is 7.58. The molecule has 0 amide bonds. The summed E-state index contributed by atoms with van der Waals surface area (Å²) in [6, 6.07) is 0. The van der Waals surface area contributed by atoms with Crippen LogP contribution in [0.15, 0.2) is 22.3 Å². The van der Waals surface area contributed by atoms with Gasteiger partial charge in [0, 0.05) is 42.0 Å². The third-order valence-electron chi connectivity index (χ3n) is 6.10. The molecule has 2 fully saturated rings. The molecular formula is C20H28N2O3S2. The number of nitrogens with zero attached hydrogens (tertiary/aromatic N) is 2. The van der Waals surface area contributed by atoms with Crippen LogP contribution in [0.4, 0.5) is 0 Å². The number of likely N-dealkylation sites (tertiary alicyclic amines) is 2. The van der Waals surface area contributed by atoms with Crippen LogP contribution in [0.2, 0.25) is 0 Å². The van der Waals surface area contributed by atoms with E-state index in [9.17, 15) is 9.59 Å². The Bertz CT molecular complexity index is 733. The molecular weight excluding hydrogens is 380 g/mol. The van der Waals surface area contributed by atoms with Crippen LogP contribution in [0.5, 0.6) is 0 Å². The van der Waals surface area contributed by atoms with Crippen molar-refractivity contribution >= 4 is 34.6 Å². The van der Waals surface area contributed by atoms with E-state index in [2.05, 4.69) is 30.8 Å². The Hall–Kier alpha value is -0.760. The second-order valence-electron chi connectivity index (χ2n) is 8.15. The van der Waals surface area contributed by atoms with Crippen LogP contribution in [0.25, 0.3) is 0 Å². The molecule has 0 aromatic rings. The number of thioether (sulfide) groups is 2. The lowest BCUT2D eigenvalue weighted by Gasteiger charge is -2.30. The molecule has 0 aromatic heterocycles. The van der Waals surface area contributed by atoms with Crippen LogP contribution in [0, 0.1) is 5.92 Å². The van der Waals surface area contributed by atoms with Crippen LogP contribution >= 0.6 is 23.5 Å². The molecule has 5 nitrogen and oxygen atoms in total. The highest BCUT2D eigenvalue weighted by Gasteiger charge is 2.45. The average Bonchev–Trinajstić information content (AvgIpc) is 3.09. The average molecular weight is 409 g/mol. The van der Waals surface area contributed by atoms with Crippen molar-refractivity contribution in [2.24, 2.45) is 5.92 Å². The Labute approximate surface area is 169 Å². The minimum atomic E-state index is -0.254. The van der Waals surface area contributed by atoms with Gasteiger partial charge in [0.05, 0.1) is 0 Å². The fraction of sp³-hybridized carbons (Fsp3) is 0.700. The smallest absolute Gasteiger partial charge is 0.304 e. The van der Waals surface area contributed by atoms with Crippen molar-refractivity contribution in [2.45, 2.75) is 42.6 Å². The second-order valence-corrected chi connectivity index (χ2v) is 10.6. The molecule has 0 radical (unpaired) electrons. The highest BCUT2D eigenvalue weighted by atomic mass is 32.2. The van der Waals surface area contributed by atoms with E-state index in [1.165, 1.54) is 35.4 Å². The van der Waals surface area contributed by atoms with E-state index in [1.54, 1.807) is 11.8 Å². The molecule has 0 aliphatic carbocycles. The van der Waals surface area contributed by atoms with Gasteiger partial charge in [-0.3, -0.25) is 9.59 Å². The molecule has 4 heterocycles. The summed E-state index contributed by atoms with van der Waals surface area (Å²) in [4.78, 5) is 29.3. The maximum Gasteiger partial charge on any atom is 0.304 e. The predicted molar refractivity (Wildman–Crippen MR) is 111 cm³/mol. The monoisotopic (exact) mass is 408 g/mol. The molecule has 0 bridgehead atoms. The van der Waals surface area contributed by atoms with E-state index >= 15 is 0 Å². The van der Waals surface area contributed by atoms with Gasteiger partial charge >= 0.3 is 5.97 Å². The minimum Gasteiger partial charge on any atom is -0.447 e. The number of likely N-dealkylation sites (N-methyl/N-ethyl adjacent to an activating group) is 2. The first-order valence-corrected chi connectivity index (χ1v) is 11.5. The number of hydrogen-bond donors (Lipinski definition) is 0. The van der Waals surface area contributed by atoms with Gasteiger partial charge in [0.1, 0.15) is 0 Å². The molecule has 4 atom stereocenters. The Morgan fingerprint density at radius 2 is 1.74 bits per heavy atom. The zero-order valence-corrected chi connectivity index (χ0v) is 18.1. The van der Waals surface area contributed by atoms with E-state index in [0.29, 0.717) is 10.5 Å². The van der Waals surface area contributed by atoms with E-state index < -0.39 is 0 Å². The number of piperidine rings is 2. The summed E-state index contributed by atoms with van der Waals surface area (Å²) in [5, 5.41) is 0.968. The van der Waals surface area contributed by atoms with Gasteiger partial charge in [-0.2, -0.15) is 0 Å². The van der Waals surface area contributed by atoms with Gasteiger partial charge in [-0.15, -0.1) is 11.8 Å². The number of hydrogen-bond acceptors (Lipinski definition) is 7. The highest BCUT2D eigenvalue weighted by molar-refractivity contribution is 8.15. The Balaban J connectivity index is 1.73. The van der Waals surface area contributed by atoms with Gasteiger partial charge in [0.15, 0.2) is 5.44 Å². The predicted octanol–water partition coefficient (Wildman–Crippen LogP) is 2.53. The summed E-state index contributed by atoms with van der Waals surface area (Å²) in [7, 11) is 4.26. The van der Waals surface area contributed by atoms with Gasteiger partial charge in [-0.05, 0) is 56.7 Å². The van der Waals surface area contributed by atoms with Crippen LogP contribution in [-0.2, 0) is 14.3 Å². The number of rotatable bonds is 3. The first kappa shape index (κ1) is 19.6. The number of esters is 1. The summed E-state index contributed by atoms with van der Waals surface area (Å²) in [6.07, 6.45) is 2.11. The summed E-state index contributed by atoms with van der Waals surface area (Å²) in [5.41, 5.74) is 4.59. The SMILES string of the molecule is CC(=O)OC1SC2CCN(C)CC2=C1C(C)C1=C2CN(C)CCC2SC1=O. The molecule has 4 rings (SSSR count). The normalized spacial score (nSPS) is 33.3. The van der Waals surface area contributed by atoms with Crippen LogP contribution in [0.3, 0.4) is 0 Å². The van der Waals surface area contributed by atoms with Crippen LogP contribution < -0.4 is 0 Å².